The molecule has 0 aliphatic carbocycles. The van der Waals surface area contributed by atoms with Gasteiger partial charge in [0, 0.05) is 17.6 Å². The lowest BCUT2D eigenvalue weighted by Gasteiger charge is -2.14. The number of nitrogens with one attached hydrogen (secondary N) is 1. The van der Waals surface area contributed by atoms with Crippen LogP contribution in [-0.2, 0) is 11.3 Å². The summed E-state index contributed by atoms with van der Waals surface area (Å²) in [5.74, 6) is 0.860. The standard InChI is InChI=1S/C23H24N4O3S2/c1-4-14(2)25-18(28)13-31-23-26-19-17-6-5-11-24-21(17)32-20(19)22(29)27(23)12-15-7-9-16(30-3)10-8-15/h5-11,14H,4,12-13H2,1-3H3,(H,25,28)/t14-/m1/s1. The third-order valence-corrected chi connectivity index (χ3v) is 7.24. The Hall–Kier alpha value is -2.91. The molecule has 1 atom stereocenters. The lowest BCUT2D eigenvalue weighted by molar-refractivity contribution is -0.119. The fraction of sp³-hybridized carbons (Fsp3) is 0.304. The normalized spacial score (nSPS) is 12.2. The van der Waals surface area contributed by atoms with E-state index in [0.29, 0.717) is 21.9 Å². The van der Waals surface area contributed by atoms with Crippen LogP contribution in [0.5, 0.6) is 5.75 Å². The predicted octanol–water partition coefficient (Wildman–Crippen LogP) is 4.07. The van der Waals surface area contributed by atoms with Crippen LogP contribution >= 0.6 is 23.1 Å². The minimum atomic E-state index is -0.126. The number of carbonyl (C=O) groups is 1. The molecule has 0 aliphatic heterocycles. The molecule has 0 spiro atoms. The van der Waals surface area contributed by atoms with Crippen LogP contribution in [0.15, 0.2) is 52.5 Å². The van der Waals surface area contributed by atoms with Crippen molar-refractivity contribution in [1.82, 2.24) is 19.9 Å². The average molecular weight is 469 g/mol. The van der Waals surface area contributed by atoms with Gasteiger partial charge in [0.05, 0.1) is 24.9 Å². The van der Waals surface area contributed by atoms with Gasteiger partial charge in [0.1, 0.15) is 15.3 Å². The van der Waals surface area contributed by atoms with Crippen LogP contribution in [0.1, 0.15) is 25.8 Å². The van der Waals surface area contributed by atoms with Gasteiger partial charge in [0.15, 0.2) is 5.16 Å². The van der Waals surface area contributed by atoms with Gasteiger partial charge in [0.25, 0.3) is 5.56 Å². The zero-order chi connectivity index (χ0) is 22.7. The first-order chi connectivity index (χ1) is 15.5. The molecule has 1 N–H and O–H groups in total. The number of hydrogen-bond acceptors (Lipinski definition) is 7. The third-order valence-electron chi connectivity index (χ3n) is 5.17. The predicted molar refractivity (Wildman–Crippen MR) is 130 cm³/mol. The number of benzene rings is 1. The van der Waals surface area contributed by atoms with Crippen LogP contribution in [0.2, 0.25) is 0 Å². The lowest BCUT2D eigenvalue weighted by Crippen LogP contribution is -2.33. The number of thiophene rings is 1. The van der Waals surface area contributed by atoms with Gasteiger partial charge in [-0.05, 0) is 43.2 Å². The number of ether oxygens (including phenoxy) is 1. The largest absolute Gasteiger partial charge is 0.497 e. The van der Waals surface area contributed by atoms with E-state index in [4.69, 9.17) is 9.72 Å². The number of fused-ring (bicyclic) bond motifs is 3. The summed E-state index contributed by atoms with van der Waals surface area (Å²) in [6, 6.07) is 11.4. The molecule has 0 saturated heterocycles. The number of carbonyl (C=O) groups excluding carboxylic acids is 1. The Kier molecular flexibility index (Phi) is 6.76. The summed E-state index contributed by atoms with van der Waals surface area (Å²) in [6.07, 6.45) is 2.57. The summed E-state index contributed by atoms with van der Waals surface area (Å²) >= 11 is 2.62. The maximum atomic E-state index is 13.5. The Morgan fingerprint density at radius 2 is 2.06 bits per heavy atom. The number of pyridine rings is 1. The van der Waals surface area contributed by atoms with Crippen LogP contribution in [0.3, 0.4) is 0 Å². The molecule has 0 fully saturated rings. The van der Waals surface area contributed by atoms with E-state index in [1.165, 1.54) is 23.1 Å². The van der Waals surface area contributed by atoms with Gasteiger partial charge >= 0.3 is 0 Å². The molecule has 1 aromatic carbocycles. The number of rotatable bonds is 8. The Labute approximate surface area is 193 Å². The highest BCUT2D eigenvalue weighted by atomic mass is 32.2. The van der Waals surface area contributed by atoms with E-state index in [9.17, 15) is 9.59 Å². The maximum Gasteiger partial charge on any atom is 0.272 e. The van der Waals surface area contributed by atoms with Crippen LogP contribution < -0.4 is 15.6 Å². The van der Waals surface area contributed by atoms with Crippen molar-refractivity contribution in [3.8, 4) is 5.75 Å². The first-order valence-corrected chi connectivity index (χ1v) is 12.1. The van der Waals surface area contributed by atoms with Crippen LogP contribution in [-0.4, -0.2) is 39.3 Å². The zero-order valence-electron chi connectivity index (χ0n) is 18.1. The molecule has 0 bridgehead atoms. The highest BCUT2D eigenvalue weighted by molar-refractivity contribution is 7.99. The van der Waals surface area contributed by atoms with Gasteiger partial charge in [-0.1, -0.05) is 30.8 Å². The summed E-state index contributed by atoms with van der Waals surface area (Å²) < 4.78 is 7.44. The summed E-state index contributed by atoms with van der Waals surface area (Å²) in [7, 11) is 1.62. The van der Waals surface area contributed by atoms with E-state index in [1.807, 2.05) is 50.2 Å². The van der Waals surface area contributed by atoms with Crippen molar-refractivity contribution >= 4 is 49.4 Å². The number of aromatic nitrogens is 3. The van der Waals surface area contributed by atoms with Crippen LogP contribution in [0.25, 0.3) is 20.4 Å². The van der Waals surface area contributed by atoms with Gasteiger partial charge in [-0.25, -0.2) is 9.97 Å². The fourth-order valence-electron chi connectivity index (χ4n) is 3.25. The summed E-state index contributed by atoms with van der Waals surface area (Å²) in [5.41, 5.74) is 1.46. The van der Waals surface area contributed by atoms with Crippen molar-refractivity contribution in [3.63, 3.8) is 0 Å². The number of methoxy groups -OCH3 is 1. The van der Waals surface area contributed by atoms with Crippen LogP contribution in [0.4, 0.5) is 0 Å². The second-order valence-corrected chi connectivity index (χ2v) is 9.38. The van der Waals surface area contributed by atoms with Crippen molar-refractivity contribution in [2.75, 3.05) is 12.9 Å². The van der Waals surface area contributed by atoms with Crippen molar-refractivity contribution in [3.05, 3.63) is 58.5 Å². The molecule has 9 heteroatoms. The Morgan fingerprint density at radius 1 is 1.28 bits per heavy atom. The summed E-state index contributed by atoms with van der Waals surface area (Å²) in [6.45, 7) is 4.34. The highest BCUT2D eigenvalue weighted by Gasteiger charge is 2.18. The zero-order valence-corrected chi connectivity index (χ0v) is 19.8. The van der Waals surface area contributed by atoms with Crippen LogP contribution in [0, 0.1) is 0 Å². The second kappa shape index (κ2) is 9.70. The average Bonchev–Trinajstić information content (AvgIpc) is 3.19. The van der Waals surface area contributed by atoms with Gasteiger partial charge in [-0.2, -0.15) is 0 Å². The van der Waals surface area contributed by atoms with E-state index in [2.05, 4.69) is 10.3 Å². The molecule has 4 rings (SSSR count). The number of nitrogens with zero attached hydrogens (tertiary/aromatic N) is 3. The minimum Gasteiger partial charge on any atom is -0.497 e. The SMILES string of the molecule is CC[C@@H](C)NC(=O)CSc1nc2c(sc3ncccc32)c(=O)n1Cc1ccc(OC)cc1. The Morgan fingerprint density at radius 3 is 2.78 bits per heavy atom. The summed E-state index contributed by atoms with van der Waals surface area (Å²) in [4.78, 5) is 35.8. The Balaban J connectivity index is 1.75. The Bertz CT molecular complexity index is 1310. The molecule has 1 amide bonds. The molecule has 0 radical (unpaired) electrons. The highest BCUT2D eigenvalue weighted by Crippen LogP contribution is 2.30. The molecule has 3 aromatic heterocycles. The molecule has 3 heterocycles. The van der Waals surface area contributed by atoms with E-state index in [0.717, 1.165) is 28.0 Å². The molecular formula is C23H24N4O3S2. The topological polar surface area (TPSA) is 86.1 Å². The first kappa shape index (κ1) is 22.3. The van der Waals surface area contributed by atoms with Gasteiger partial charge in [-0.3, -0.25) is 14.2 Å². The molecule has 4 aromatic rings. The molecule has 0 unspecified atom stereocenters. The van der Waals surface area contributed by atoms with Crippen molar-refractivity contribution in [2.45, 2.75) is 38.0 Å². The van der Waals surface area contributed by atoms with Gasteiger partial charge in [-0.15, -0.1) is 11.3 Å². The first-order valence-electron chi connectivity index (χ1n) is 10.3. The molecule has 32 heavy (non-hydrogen) atoms. The van der Waals surface area contributed by atoms with E-state index >= 15 is 0 Å². The number of hydrogen-bond donors (Lipinski definition) is 1. The maximum absolute atomic E-state index is 13.5. The number of thioether (sulfide) groups is 1. The van der Waals surface area contributed by atoms with E-state index in [1.54, 1.807) is 17.9 Å². The number of amides is 1. The molecular weight excluding hydrogens is 444 g/mol. The third kappa shape index (κ3) is 4.63. The van der Waals surface area contributed by atoms with Crippen molar-refractivity contribution in [2.24, 2.45) is 0 Å². The van der Waals surface area contributed by atoms with E-state index in [-0.39, 0.29) is 23.3 Å². The smallest absolute Gasteiger partial charge is 0.272 e. The molecule has 0 saturated carbocycles. The minimum absolute atomic E-state index is 0.0773. The lowest BCUT2D eigenvalue weighted by atomic mass is 10.2. The molecule has 0 aliphatic rings. The molecule has 7 nitrogen and oxygen atoms in total. The van der Waals surface area contributed by atoms with Crippen molar-refractivity contribution < 1.29 is 9.53 Å². The van der Waals surface area contributed by atoms with Crippen molar-refractivity contribution in [1.29, 1.82) is 0 Å². The second-order valence-electron chi connectivity index (χ2n) is 7.44. The van der Waals surface area contributed by atoms with Gasteiger partial charge < -0.3 is 10.1 Å². The van der Waals surface area contributed by atoms with E-state index < -0.39 is 0 Å². The molecule has 166 valence electrons. The quantitative estimate of drug-likeness (QED) is 0.310. The monoisotopic (exact) mass is 468 g/mol. The summed E-state index contributed by atoms with van der Waals surface area (Å²) in [5, 5.41) is 4.33. The van der Waals surface area contributed by atoms with Gasteiger partial charge in [0.2, 0.25) is 5.91 Å². The fourth-order valence-corrected chi connectivity index (χ4v) is 5.09.